The average molecular weight is 294 g/mol. The SMILES string of the molecule is COc1ccc(CCC(C)N)c(NC(=O)OC(C)(C)C)c1. The molecule has 1 aromatic carbocycles. The molecule has 1 aromatic rings. The van der Waals surface area contributed by atoms with Gasteiger partial charge in [0.15, 0.2) is 0 Å². The molecule has 0 aliphatic heterocycles. The summed E-state index contributed by atoms with van der Waals surface area (Å²) in [6.45, 7) is 7.45. The van der Waals surface area contributed by atoms with Gasteiger partial charge in [0, 0.05) is 12.1 Å². The molecule has 0 spiro atoms. The molecule has 0 bridgehead atoms. The van der Waals surface area contributed by atoms with Gasteiger partial charge in [-0.3, -0.25) is 5.32 Å². The summed E-state index contributed by atoms with van der Waals surface area (Å²) in [6.07, 6.45) is 1.15. The van der Waals surface area contributed by atoms with Gasteiger partial charge in [-0.1, -0.05) is 6.07 Å². The number of amides is 1. The van der Waals surface area contributed by atoms with Crippen molar-refractivity contribution >= 4 is 11.8 Å². The zero-order valence-electron chi connectivity index (χ0n) is 13.5. The van der Waals surface area contributed by atoms with Crippen LogP contribution in [0.4, 0.5) is 10.5 Å². The molecule has 1 atom stereocenters. The third-order valence-electron chi connectivity index (χ3n) is 2.82. The molecule has 21 heavy (non-hydrogen) atoms. The Labute approximate surface area is 126 Å². The molecule has 0 aliphatic rings. The lowest BCUT2D eigenvalue weighted by molar-refractivity contribution is 0.0636. The smallest absolute Gasteiger partial charge is 0.412 e. The molecule has 0 saturated heterocycles. The number of methoxy groups -OCH3 is 1. The molecule has 0 radical (unpaired) electrons. The summed E-state index contributed by atoms with van der Waals surface area (Å²) in [5.74, 6) is 0.686. The monoisotopic (exact) mass is 294 g/mol. The Morgan fingerprint density at radius 3 is 2.57 bits per heavy atom. The largest absolute Gasteiger partial charge is 0.497 e. The molecular weight excluding hydrogens is 268 g/mol. The maximum Gasteiger partial charge on any atom is 0.412 e. The Balaban J connectivity index is 2.88. The lowest BCUT2D eigenvalue weighted by atomic mass is 10.0. The van der Waals surface area contributed by atoms with E-state index in [2.05, 4.69) is 5.32 Å². The summed E-state index contributed by atoms with van der Waals surface area (Å²) >= 11 is 0. The Kier molecular flexibility index (Phi) is 6.03. The maximum absolute atomic E-state index is 11.9. The highest BCUT2D eigenvalue weighted by atomic mass is 16.6. The van der Waals surface area contributed by atoms with Crippen LogP contribution in [0.3, 0.4) is 0 Å². The summed E-state index contributed by atoms with van der Waals surface area (Å²) < 4.78 is 10.5. The first-order valence-electron chi connectivity index (χ1n) is 7.14. The van der Waals surface area contributed by atoms with Crippen molar-refractivity contribution in [3.05, 3.63) is 23.8 Å². The van der Waals surface area contributed by atoms with E-state index in [1.54, 1.807) is 13.2 Å². The predicted octanol–water partition coefficient (Wildman–Crippen LogP) is 3.32. The van der Waals surface area contributed by atoms with E-state index in [1.165, 1.54) is 0 Å². The fourth-order valence-corrected chi connectivity index (χ4v) is 1.81. The van der Waals surface area contributed by atoms with Crippen LogP contribution in [0, 0.1) is 0 Å². The quantitative estimate of drug-likeness (QED) is 0.873. The molecule has 1 rings (SSSR count). The zero-order valence-corrected chi connectivity index (χ0v) is 13.5. The third kappa shape index (κ3) is 6.49. The Morgan fingerprint density at radius 1 is 1.38 bits per heavy atom. The molecule has 0 heterocycles. The minimum absolute atomic E-state index is 0.112. The molecule has 0 fully saturated rings. The molecule has 1 amide bonds. The topological polar surface area (TPSA) is 73.6 Å². The van der Waals surface area contributed by atoms with Crippen molar-refractivity contribution < 1.29 is 14.3 Å². The highest BCUT2D eigenvalue weighted by Crippen LogP contribution is 2.24. The van der Waals surface area contributed by atoms with E-state index >= 15 is 0 Å². The second kappa shape index (κ2) is 7.31. The summed E-state index contributed by atoms with van der Waals surface area (Å²) in [6, 6.07) is 5.71. The van der Waals surface area contributed by atoms with Crippen LogP contribution >= 0.6 is 0 Å². The van der Waals surface area contributed by atoms with Crippen molar-refractivity contribution in [1.82, 2.24) is 0 Å². The molecule has 0 aliphatic carbocycles. The fourth-order valence-electron chi connectivity index (χ4n) is 1.81. The first kappa shape index (κ1) is 17.3. The van der Waals surface area contributed by atoms with Crippen molar-refractivity contribution in [2.45, 2.75) is 52.2 Å². The van der Waals surface area contributed by atoms with Crippen LogP contribution in [0.2, 0.25) is 0 Å². The molecule has 118 valence electrons. The van der Waals surface area contributed by atoms with Crippen LogP contribution in [-0.4, -0.2) is 24.8 Å². The number of nitrogens with two attached hydrogens (primary N) is 1. The molecule has 5 nitrogen and oxygen atoms in total. The van der Waals surface area contributed by atoms with Crippen LogP contribution in [-0.2, 0) is 11.2 Å². The second-order valence-corrected chi connectivity index (χ2v) is 6.17. The normalized spacial score (nSPS) is 12.7. The van der Waals surface area contributed by atoms with E-state index in [0.29, 0.717) is 11.4 Å². The molecular formula is C16H26N2O3. The number of ether oxygens (including phenoxy) is 2. The van der Waals surface area contributed by atoms with E-state index in [9.17, 15) is 4.79 Å². The average Bonchev–Trinajstić information content (AvgIpc) is 2.34. The number of hydrogen-bond acceptors (Lipinski definition) is 4. The predicted molar refractivity (Wildman–Crippen MR) is 84.8 cm³/mol. The second-order valence-electron chi connectivity index (χ2n) is 6.17. The number of carbonyl (C=O) groups is 1. The maximum atomic E-state index is 11.9. The number of hydrogen-bond donors (Lipinski definition) is 2. The van der Waals surface area contributed by atoms with Gasteiger partial charge in [-0.2, -0.15) is 0 Å². The van der Waals surface area contributed by atoms with E-state index in [4.69, 9.17) is 15.2 Å². The van der Waals surface area contributed by atoms with Crippen LogP contribution in [0.15, 0.2) is 18.2 Å². The molecule has 1 unspecified atom stereocenters. The minimum atomic E-state index is -0.533. The van der Waals surface area contributed by atoms with Gasteiger partial charge in [-0.05, 0) is 52.2 Å². The van der Waals surface area contributed by atoms with Gasteiger partial charge < -0.3 is 15.2 Å². The number of anilines is 1. The highest BCUT2D eigenvalue weighted by Gasteiger charge is 2.17. The van der Waals surface area contributed by atoms with Gasteiger partial charge in [-0.15, -0.1) is 0 Å². The van der Waals surface area contributed by atoms with Gasteiger partial charge in [0.1, 0.15) is 11.4 Å². The Hall–Kier alpha value is -1.75. The molecule has 5 heteroatoms. The standard InChI is InChI=1S/C16H26N2O3/c1-11(17)6-7-12-8-9-13(20-5)10-14(12)18-15(19)21-16(2,3)4/h8-11H,6-7,17H2,1-5H3,(H,18,19). The third-order valence-corrected chi connectivity index (χ3v) is 2.82. The summed E-state index contributed by atoms with van der Waals surface area (Å²) in [7, 11) is 1.59. The Bertz CT molecular complexity index is 479. The number of rotatable bonds is 5. The van der Waals surface area contributed by atoms with E-state index < -0.39 is 11.7 Å². The highest BCUT2D eigenvalue weighted by molar-refractivity contribution is 5.86. The van der Waals surface area contributed by atoms with E-state index in [-0.39, 0.29) is 6.04 Å². The fraction of sp³-hybridized carbons (Fsp3) is 0.562. The van der Waals surface area contributed by atoms with Gasteiger partial charge in [0.05, 0.1) is 12.8 Å². The van der Waals surface area contributed by atoms with Crippen LogP contribution in [0.25, 0.3) is 0 Å². The van der Waals surface area contributed by atoms with Crippen molar-refractivity contribution in [2.24, 2.45) is 5.73 Å². The van der Waals surface area contributed by atoms with Gasteiger partial charge in [0.25, 0.3) is 0 Å². The molecule has 0 aromatic heterocycles. The number of benzene rings is 1. The van der Waals surface area contributed by atoms with Gasteiger partial charge in [0.2, 0.25) is 0 Å². The minimum Gasteiger partial charge on any atom is -0.497 e. The first-order valence-corrected chi connectivity index (χ1v) is 7.14. The molecule has 3 N–H and O–H groups in total. The summed E-state index contributed by atoms with van der Waals surface area (Å²) in [5, 5.41) is 2.78. The summed E-state index contributed by atoms with van der Waals surface area (Å²) in [5.41, 5.74) is 6.97. The number of carbonyl (C=O) groups excluding carboxylic acids is 1. The van der Waals surface area contributed by atoms with Crippen molar-refractivity contribution in [3.8, 4) is 5.75 Å². The Morgan fingerprint density at radius 2 is 2.05 bits per heavy atom. The van der Waals surface area contributed by atoms with Gasteiger partial charge in [-0.25, -0.2) is 4.79 Å². The van der Waals surface area contributed by atoms with Crippen LogP contribution < -0.4 is 15.8 Å². The zero-order chi connectivity index (χ0) is 16.0. The van der Waals surface area contributed by atoms with Crippen molar-refractivity contribution in [3.63, 3.8) is 0 Å². The van der Waals surface area contributed by atoms with Crippen molar-refractivity contribution in [1.29, 1.82) is 0 Å². The van der Waals surface area contributed by atoms with E-state index in [1.807, 2.05) is 39.8 Å². The first-order chi connectivity index (χ1) is 9.71. The number of nitrogens with one attached hydrogen (secondary N) is 1. The molecule has 0 saturated carbocycles. The lowest BCUT2D eigenvalue weighted by Crippen LogP contribution is -2.27. The number of aryl methyl sites for hydroxylation is 1. The van der Waals surface area contributed by atoms with Crippen molar-refractivity contribution in [2.75, 3.05) is 12.4 Å². The van der Waals surface area contributed by atoms with E-state index in [0.717, 1.165) is 18.4 Å². The summed E-state index contributed by atoms with van der Waals surface area (Å²) in [4.78, 5) is 11.9. The lowest BCUT2D eigenvalue weighted by Gasteiger charge is -2.21. The van der Waals surface area contributed by atoms with Crippen LogP contribution in [0.5, 0.6) is 5.75 Å². The van der Waals surface area contributed by atoms with Gasteiger partial charge >= 0.3 is 6.09 Å². The van der Waals surface area contributed by atoms with Crippen LogP contribution in [0.1, 0.15) is 39.7 Å².